The highest BCUT2D eigenvalue weighted by Gasteiger charge is 2.48. The van der Waals surface area contributed by atoms with E-state index in [1.54, 1.807) is 0 Å². The lowest BCUT2D eigenvalue weighted by atomic mass is 9.90. The molecule has 1 aromatic carbocycles. The van der Waals surface area contributed by atoms with E-state index in [0.717, 1.165) is 24.0 Å². The number of rotatable bonds is 4. The van der Waals surface area contributed by atoms with Crippen molar-refractivity contribution in [1.82, 2.24) is 9.80 Å². The molecule has 1 spiro atoms. The molecule has 2 aliphatic heterocycles. The summed E-state index contributed by atoms with van der Waals surface area (Å²) in [6.07, 6.45) is 3.27. The summed E-state index contributed by atoms with van der Waals surface area (Å²) >= 11 is 0. The molecule has 2 fully saturated rings. The van der Waals surface area contributed by atoms with Crippen molar-refractivity contribution in [2.75, 3.05) is 19.6 Å². The van der Waals surface area contributed by atoms with Gasteiger partial charge in [0, 0.05) is 37.5 Å². The average Bonchev–Trinajstić information content (AvgIpc) is 2.91. The normalized spacial score (nSPS) is 20.7. The first-order valence-electron chi connectivity index (χ1n) is 9.30. The van der Waals surface area contributed by atoms with Crippen LogP contribution in [0.3, 0.4) is 0 Å². The number of carbonyl (C=O) groups is 2. The van der Waals surface area contributed by atoms with E-state index < -0.39 is 5.60 Å². The Bertz CT molecular complexity index is 650. The monoisotopic (exact) mass is 344 g/mol. The van der Waals surface area contributed by atoms with Crippen LogP contribution in [0, 0.1) is 6.92 Å². The summed E-state index contributed by atoms with van der Waals surface area (Å²) in [6, 6.07) is 7.91. The van der Waals surface area contributed by atoms with Gasteiger partial charge in [-0.05, 0) is 32.4 Å². The molecule has 136 valence electrons. The SMILES string of the molecule is CCC[C@H](C)N1CC2(CCN(C(=O)c3cccc(C)c3)CC2)OC1=O. The topological polar surface area (TPSA) is 49.9 Å². The maximum Gasteiger partial charge on any atom is 0.410 e. The van der Waals surface area contributed by atoms with Crippen LogP contribution < -0.4 is 0 Å². The molecule has 0 unspecified atom stereocenters. The third-order valence-corrected chi connectivity index (χ3v) is 5.46. The highest BCUT2D eigenvalue weighted by molar-refractivity contribution is 5.94. The lowest BCUT2D eigenvalue weighted by Gasteiger charge is -2.37. The van der Waals surface area contributed by atoms with Crippen LogP contribution in [0.2, 0.25) is 0 Å². The maximum atomic E-state index is 12.7. The molecule has 0 saturated carbocycles. The minimum atomic E-state index is -0.414. The number of hydrogen-bond acceptors (Lipinski definition) is 3. The van der Waals surface area contributed by atoms with Gasteiger partial charge < -0.3 is 14.5 Å². The summed E-state index contributed by atoms with van der Waals surface area (Å²) in [7, 11) is 0. The van der Waals surface area contributed by atoms with Crippen LogP contribution in [-0.2, 0) is 4.74 Å². The smallest absolute Gasteiger partial charge is 0.410 e. The van der Waals surface area contributed by atoms with E-state index in [1.807, 2.05) is 41.0 Å². The lowest BCUT2D eigenvalue weighted by molar-refractivity contribution is 0.00306. The summed E-state index contributed by atoms with van der Waals surface area (Å²) in [6.45, 7) is 8.13. The van der Waals surface area contributed by atoms with Gasteiger partial charge in [0.05, 0.1) is 6.54 Å². The summed E-state index contributed by atoms with van der Waals surface area (Å²) in [5.41, 5.74) is 1.41. The van der Waals surface area contributed by atoms with E-state index in [2.05, 4.69) is 13.8 Å². The van der Waals surface area contributed by atoms with Crippen LogP contribution in [0.5, 0.6) is 0 Å². The van der Waals surface area contributed by atoms with Crippen molar-refractivity contribution in [1.29, 1.82) is 0 Å². The molecule has 0 aromatic heterocycles. The van der Waals surface area contributed by atoms with Gasteiger partial charge in [0.2, 0.25) is 0 Å². The molecule has 1 aromatic rings. The predicted molar refractivity (Wildman–Crippen MR) is 96.6 cm³/mol. The molecule has 2 saturated heterocycles. The molecule has 0 N–H and O–H groups in total. The van der Waals surface area contributed by atoms with Gasteiger partial charge in [-0.25, -0.2) is 4.79 Å². The molecule has 1 atom stereocenters. The van der Waals surface area contributed by atoms with Crippen molar-refractivity contribution in [3.8, 4) is 0 Å². The fraction of sp³-hybridized carbons (Fsp3) is 0.600. The van der Waals surface area contributed by atoms with Gasteiger partial charge in [-0.3, -0.25) is 4.79 Å². The number of amides is 2. The van der Waals surface area contributed by atoms with Crippen LogP contribution in [0.4, 0.5) is 4.79 Å². The quantitative estimate of drug-likeness (QED) is 0.838. The van der Waals surface area contributed by atoms with Crippen LogP contribution in [0.15, 0.2) is 24.3 Å². The Morgan fingerprint density at radius 3 is 2.68 bits per heavy atom. The fourth-order valence-corrected chi connectivity index (χ4v) is 3.90. The Kier molecular flexibility index (Phi) is 5.02. The first-order chi connectivity index (χ1) is 11.9. The Morgan fingerprint density at radius 1 is 1.32 bits per heavy atom. The predicted octanol–water partition coefficient (Wildman–Crippen LogP) is 3.61. The number of hydrogen-bond donors (Lipinski definition) is 0. The Hall–Kier alpha value is -2.04. The number of piperidine rings is 1. The van der Waals surface area contributed by atoms with E-state index in [1.165, 1.54) is 0 Å². The average molecular weight is 344 g/mol. The second kappa shape index (κ2) is 7.06. The minimum Gasteiger partial charge on any atom is -0.441 e. The van der Waals surface area contributed by atoms with E-state index in [4.69, 9.17) is 4.74 Å². The van der Waals surface area contributed by atoms with E-state index in [0.29, 0.717) is 32.5 Å². The Morgan fingerprint density at radius 2 is 2.04 bits per heavy atom. The van der Waals surface area contributed by atoms with Crippen LogP contribution >= 0.6 is 0 Å². The molecule has 2 aliphatic rings. The standard InChI is InChI=1S/C20H28N2O3/c1-4-6-16(3)22-14-20(25-19(22)24)9-11-21(12-10-20)18(23)17-8-5-7-15(2)13-17/h5,7-8,13,16H,4,6,9-12,14H2,1-3H3/t16-/m0/s1. The third-order valence-electron chi connectivity index (χ3n) is 5.46. The Balaban J connectivity index is 1.62. The van der Waals surface area contributed by atoms with Crippen LogP contribution in [-0.4, -0.2) is 53.1 Å². The number of likely N-dealkylation sites (tertiary alicyclic amines) is 1. The zero-order chi connectivity index (χ0) is 18.0. The molecule has 3 rings (SSSR count). The molecule has 0 bridgehead atoms. The highest BCUT2D eigenvalue weighted by atomic mass is 16.6. The van der Waals surface area contributed by atoms with Crippen LogP contribution in [0.1, 0.15) is 55.5 Å². The summed E-state index contributed by atoms with van der Waals surface area (Å²) in [5.74, 6) is 0.0686. The van der Waals surface area contributed by atoms with Gasteiger partial charge in [-0.15, -0.1) is 0 Å². The van der Waals surface area contributed by atoms with E-state index in [9.17, 15) is 9.59 Å². The van der Waals surface area contributed by atoms with Crippen molar-refractivity contribution < 1.29 is 14.3 Å². The number of nitrogens with zero attached hydrogens (tertiary/aromatic N) is 2. The number of ether oxygens (including phenoxy) is 1. The van der Waals surface area contributed by atoms with Gasteiger partial charge in [0.15, 0.2) is 0 Å². The molecular weight excluding hydrogens is 316 g/mol. The van der Waals surface area contributed by atoms with Crippen LogP contribution in [0.25, 0.3) is 0 Å². The second-order valence-electron chi connectivity index (χ2n) is 7.48. The number of carbonyl (C=O) groups excluding carboxylic acids is 2. The summed E-state index contributed by atoms with van der Waals surface area (Å²) in [5, 5.41) is 0. The molecule has 5 heteroatoms. The fourth-order valence-electron chi connectivity index (χ4n) is 3.90. The van der Waals surface area contributed by atoms with Gasteiger partial charge in [-0.1, -0.05) is 31.0 Å². The molecule has 25 heavy (non-hydrogen) atoms. The highest BCUT2D eigenvalue weighted by Crippen LogP contribution is 2.35. The van der Waals surface area contributed by atoms with Gasteiger partial charge in [0.25, 0.3) is 5.91 Å². The van der Waals surface area contributed by atoms with Gasteiger partial charge in [-0.2, -0.15) is 0 Å². The maximum absolute atomic E-state index is 12.7. The molecule has 5 nitrogen and oxygen atoms in total. The van der Waals surface area contributed by atoms with Crippen molar-refractivity contribution >= 4 is 12.0 Å². The van der Waals surface area contributed by atoms with Gasteiger partial charge in [0.1, 0.15) is 5.60 Å². The summed E-state index contributed by atoms with van der Waals surface area (Å²) in [4.78, 5) is 28.7. The molecule has 0 radical (unpaired) electrons. The van der Waals surface area contributed by atoms with Gasteiger partial charge >= 0.3 is 6.09 Å². The zero-order valence-corrected chi connectivity index (χ0v) is 15.5. The van der Waals surface area contributed by atoms with E-state index in [-0.39, 0.29) is 18.0 Å². The van der Waals surface area contributed by atoms with E-state index >= 15 is 0 Å². The lowest BCUT2D eigenvalue weighted by Crippen LogP contribution is -2.49. The Labute approximate surface area is 149 Å². The molecule has 2 heterocycles. The van der Waals surface area contributed by atoms with Crippen molar-refractivity contribution in [2.24, 2.45) is 0 Å². The second-order valence-corrected chi connectivity index (χ2v) is 7.48. The first kappa shape index (κ1) is 17.8. The van der Waals surface area contributed by atoms with Crippen molar-refractivity contribution in [3.63, 3.8) is 0 Å². The number of aryl methyl sites for hydroxylation is 1. The number of benzene rings is 1. The van der Waals surface area contributed by atoms with Crippen molar-refractivity contribution in [2.45, 2.75) is 58.1 Å². The first-order valence-corrected chi connectivity index (χ1v) is 9.30. The van der Waals surface area contributed by atoms with Crippen molar-refractivity contribution in [3.05, 3.63) is 35.4 Å². The molecule has 2 amide bonds. The minimum absolute atomic E-state index is 0.0686. The summed E-state index contributed by atoms with van der Waals surface area (Å²) < 4.78 is 5.77. The largest absolute Gasteiger partial charge is 0.441 e. The zero-order valence-electron chi connectivity index (χ0n) is 15.5. The third kappa shape index (κ3) is 3.65. The molecular formula is C20H28N2O3. The molecule has 0 aliphatic carbocycles.